The Morgan fingerprint density at radius 2 is 1.85 bits per heavy atom. The number of ether oxygens (including phenoxy) is 2. The van der Waals surface area contributed by atoms with E-state index in [1.165, 1.54) is 4.90 Å². The number of carbonyl (C=O) groups is 2. The number of fused-ring (bicyclic) bond motifs is 1. The van der Waals surface area contributed by atoms with Gasteiger partial charge in [0, 0.05) is 24.7 Å². The van der Waals surface area contributed by atoms with Crippen LogP contribution in [0.25, 0.3) is 0 Å². The fourth-order valence-electron chi connectivity index (χ4n) is 3.63. The van der Waals surface area contributed by atoms with E-state index < -0.39 is 12.1 Å². The third-order valence-electron chi connectivity index (χ3n) is 5.39. The molecule has 0 fully saturated rings. The zero-order chi connectivity index (χ0) is 23.8. The van der Waals surface area contributed by atoms with Crippen molar-refractivity contribution >= 4 is 23.4 Å². The Labute approximate surface area is 199 Å². The first-order valence-electron chi connectivity index (χ1n) is 11.2. The van der Waals surface area contributed by atoms with E-state index in [1.54, 1.807) is 42.5 Å². The maximum absolute atomic E-state index is 13.6. The molecule has 1 heterocycles. The number of nitrogens with one attached hydrogen (secondary N) is 1. The van der Waals surface area contributed by atoms with Crippen LogP contribution in [0.3, 0.4) is 0 Å². The fraction of sp³-hybridized carbons (Fsp3) is 0.440. The second-order valence-electron chi connectivity index (χ2n) is 8.40. The molecule has 0 spiro atoms. The summed E-state index contributed by atoms with van der Waals surface area (Å²) in [6.45, 7) is 4.77. The second kappa shape index (κ2) is 11.9. The van der Waals surface area contributed by atoms with Gasteiger partial charge in [-0.3, -0.25) is 9.59 Å². The van der Waals surface area contributed by atoms with E-state index in [2.05, 4.69) is 19.2 Å². The normalized spacial score (nSPS) is 15.7. The molecule has 2 N–H and O–H groups in total. The van der Waals surface area contributed by atoms with E-state index in [9.17, 15) is 14.7 Å². The van der Waals surface area contributed by atoms with Crippen LogP contribution in [0.1, 0.15) is 38.3 Å². The number of carbonyl (C=O) groups excluding carboxylic acids is 2. The topological polar surface area (TPSA) is 88.1 Å². The smallest absolute Gasteiger partial charge is 0.268 e. The van der Waals surface area contributed by atoms with Crippen LogP contribution in [0.2, 0.25) is 5.02 Å². The predicted molar refractivity (Wildman–Crippen MR) is 126 cm³/mol. The summed E-state index contributed by atoms with van der Waals surface area (Å²) in [5.41, 5.74) is 0.630. The molecule has 0 aromatic heterocycles. The van der Waals surface area contributed by atoms with Gasteiger partial charge >= 0.3 is 0 Å². The summed E-state index contributed by atoms with van der Waals surface area (Å²) >= 11 is 6.06. The first kappa shape index (κ1) is 24.9. The molecular weight excluding hydrogens is 444 g/mol. The lowest BCUT2D eigenvalue weighted by atomic mass is 10.0. The highest BCUT2D eigenvalue weighted by Gasteiger charge is 2.37. The van der Waals surface area contributed by atoms with Gasteiger partial charge in [-0.2, -0.15) is 0 Å². The van der Waals surface area contributed by atoms with Gasteiger partial charge in [0.1, 0.15) is 12.6 Å². The first-order valence-corrected chi connectivity index (χ1v) is 11.6. The Morgan fingerprint density at radius 1 is 1.15 bits per heavy atom. The summed E-state index contributed by atoms with van der Waals surface area (Å²) in [4.78, 5) is 28.4. The lowest BCUT2D eigenvalue weighted by molar-refractivity contribution is -0.148. The number of amides is 2. The van der Waals surface area contributed by atoms with Crippen LogP contribution in [0, 0.1) is 5.92 Å². The minimum absolute atomic E-state index is 0.0355. The van der Waals surface area contributed by atoms with E-state index in [4.69, 9.17) is 21.1 Å². The molecule has 1 aliphatic heterocycles. The molecule has 0 bridgehead atoms. The number of rotatable bonds is 10. The molecule has 33 heavy (non-hydrogen) atoms. The van der Waals surface area contributed by atoms with E-state index in [0.29, 0.717) is 41.0 Å². The monoisotopic (exact) mass is 474 g/mol. The number of halogens is 1. The van der Waals surface area contributed by atoms with Crippen LogP contribution < -0.4 is 14.8 Å². The molecule has 2 aromatic rings. The number of aliphatic hydroxyl groups is 1. The molecule has 0 radical (unpaired) electrons. The number of aliphatic hydroxyl groups excluding tert-OH is 1. The molecule has 0 aliphatic carbocycles. The highest BCUT2D eigenvalue weighted by Crippen LogP contribution is 2.32. The third kappa shape index (κ3) is 6.62. The van der Waals surface area contributed by atoms with Gasteiger partial charge in [0.05, 0.1) is 0 Å². The standard InChI is InChI=1S/C25H31ClN2O5/c1-17(2)12-13-27-24(30)23(18-8-10-19(26)11-9-18)28(14-5-15-29)25(31)22-16-32-20-6-3-4-7-21(20)33-22/h3-4,6-11,17,22-23,29H,5,12-16H2,1-2H3,(H,27,30)/t22-,23-/m1/s1. The van der Waals surface area contributed by atoms with Crippen molar-refractivity contribution in [2.45, 2.75) is 38.8 Å². The second-order valence-corrected chi connectivity index (χ2v) is 8.84. The zero-order valence-corrected chi connectivity index (χ0v) is 19.8. The van der Waals surface area contributed by atoms with Crippen molar-refractivity contribution in [3.63, 3.8) is 0 Å². The molecular formula is C25H31ClN2O5. The summed E-state index contributed by atoms with van der Waals surface area (Å²) in [5, 5.41) is 12.9. The molecule has 178 valence electrons. The summed E-state index contributed by atoms with van der Waals surface area (Å²) in [6, 6.07) is 13.1. The number of hydrogen-bond donors (Lipinski definition) is 2. The van der Waals surface area contributed by atoms with Crippen molar-refractivity contribution in [3.05, 3.63) is 59.1 Å². The minimum Gasteiger partial charge on any atom is -0.485 e. The Hall–Kier alpha value is -2.77. The highest BCUT2D eigenvalue weighted by molar-refractivity contribution is 6.30. The number of benzene rings is 2. The summed E-state index contributed by atoms with van der Waals surface area (Å²) in [7, 11) is 0. The number of nitrogens with zero attached hydrogens (tertiary/aromatic N) is 1. The molecule has 2 amide bonds. The quantitative estimate of drug-likeness (QED) is 0.549. The van der Waals surface area contributed by atoms with E-state index in [1.807, 2.05) is 6.07 Å². The molecule has 3 rings (SSSR count). The molecule has 2 aromatic carbocycles. The Balaban J connectivity index is 1.88. The van der Waals surface area contributed by atoms with Crippen molar-refractivity contribution in [3.8, 4) is 11.5 Å². The third-order valence-corrected chi connectivity index (χ3v) is 5.64. The average molecular weight is 475 g/mol. The van der Waals surface area contributed by atoms with Crippen LogP contribution in [0.5, 0.6) is 11.5 Å². The Bertz CT molecular complexity index is 935. The lowest BCUT2D eigenvalue weighted by Crippen LogP contribution is -2.51. The van der Waals surface area contributed by atoms with Gasteiger partial charge in [-0.15, -0.1) is 0 Å². The van der Waals surface area contributed by atoms with E-state index >= 15 is 0 Å². The van der Waals surface area contributed by atoms with Crippen LogP contribution in [-0.4, -0.2) is 54.2 Å². The Morgan fingerprint density at radius 3 is 2.52 bits per heavy atom. The van der Waals surface area contributed by atoms with Gasteiger partial charge in [-0.25, -0.2) is 0 Å². The predicted octanol–water partition coefficient (Wildman–Crippen LogP) is 3.59. The molecule has 0 unspecified atom stereocenters. The number of hydrogen-bond acceptors (Lipinski definition) is 5. The number of para-hydroxylation sites is 2. The average Bonchev–Trinajstić information content (AvgIpc) is 2.81. The largest absolute Gasteiger partial charge is 0.485 e. The van der Waals surface area contributed by atoms with Crippen LogP contribution in [-0.2, 0) is 9.59 Å². The van der Waals surface area contributed by atoms with E-state index in [-0.39, 0.29) is 31.6 Å². The molecule has 7 nitrogen and oxygen atoms in total. The highest BCUT2D eigenvalue weighted by atomic mass is 35.5. The molecule has 2 atom stereocenters. The molecule has 1 aliphatic rings. The van der Waals surface area contributed by atoms with Gasteiger partial charge in [-0.05, 0) is 48.6 Å². The van der Waals surface area contributed by atoms with E-state index in [0.717, 1.165) is 6.42 Å². The van der Waals surface area contributed by atoms with Crippen molar-refractivity contribution < 1.29 is 24.2 Å². The molecule has 0 saturated heterocycles. The maximum Gasteiger partial charge on any atom is 0.268 e. The van der Waals surface area contributed by atoms with Crippen LogP contribution >= 0.6 is 11.6 Å². The van der Waals surface area contributed by atoms with Gasteiger partial charge in [0.15, 0.2) is 11.5 Å². The van der Waals surface area contributed by atoms with Crippen molar-refractivity contribution in [2.75, 3.05) is 26.3 Å². The van der Waals surface area contributed by atoms with Crippen LogP contribution in [0.4, 0.5) is 0 Å². The lowest BCUT2D eigenvalue weighted by Gasteiger charge is -2.35. The summed E-state index contributed by atoms with van der Waals surface area (Å²) in [6.07, 6.45) is 0.232. The van der Waals surface area contributed by atoms with Crippen molar-refractivity contribution in [1.29, 1.82) is 0 Å². The SMILES string of the molecule is CC(C)CCNC(=O)[C@@H](c1ccc(Cl)cc1)N(CCCO)C(=O)[C@H]1COc2ccccc2O1. The Kier molecular flexibility index (Phi) is 8.97. The molecule has 0 saturated carbocycles. The fourth-order valence-corrected chi connectivity index (χ4v) is 3.76. The van der Waals surface area contributed by atoms with Gasteiger partial charge in [0.25, 0.3) is 5.91 Å². The summed E-state index contributed by atoms with van der Waals surface area (Å²) < 4.78 is 11.6. The zero-order valence-electron chi connectivity index (χ0n) is 19.0. The van der Waals surface area contributed by atoms with Crippen molar-refractivity contribution in [1.82, 2.24) is 10.2 Å². The molecule has 8 heteroatoms. The van der Waals surface area contributed by atoms with Gasteiger partial charge in [0.2, 0.25) is 12.0 Å². The van der Waals surface area contributed by atoms with Crippen LogP contribution in [0.15, 0.2) is 48.5 Å². The van der Waals surface area contributed by atoms with Crippen molar-refractivity contribution in [2.24, 2.45) is 5.92 Å². The summed E-state index contributed by atoms with van der Waals surface area (Å²) in [5.74, 6) is 0.815. The maximum atomic E-state index is 13.6. The minimum atomic E-state index is -0.906. The first-order chi connectivity index (χ1) is 15.9. The van der Waals surface area contributed by atoms with Gasteiger partial charge < -0.3 is 24.8 Å². The van der Waals surface area contributed by atoms with Gasteiger partial charge in [-0.1, -0.05) is 49.7 Å².